The molecule has 5 nitrogen and oxygen atoms in total. The highest BCUT2D eigenvalue weighted by Crippen LogP contribution is 2.56. The van der Waals surface area contributed by atoms with Crippen molar-refractivity contribution in [2.24, 2.45) is 11.3 Å². The van der Waals surface area contributed by atoms with Gasteiger partial charge in [0.2, 0.25) is 5.91 Å². The quantitative estimate of drug-likeness (QED) is 0.718. The summed E-state index contributed by atoms with van der Waals surface area (Å²) >= 11 is 0. The monoisotopic (exact) mass is 407 g/mol. The van der Waals surface area contributed by atoms with Gasteiger partial charge in [-0.25, -0.2) is 0 Å². The number of morpholine rings is 1. The second kappa shape index (κ2) is 5.72. The van der Waals surface area contributed by atoms with E-state index in [1.165, 1.54) is 6.07 Å². The lowest BCUT2D eigenvalue weighted by Gasteiger charge is -2.57. The molecule has 4 unspecified atom stereocenters. The Hall–Kier alpha value is -1.67. The van der Waals surface area contributed by atoms with Crippen LogP contribution >= 0.6 is 0 Å². The van der Waals surface area contributed by atoms with Gasteiger partial charge in [0.25, 0.3) is 0 Å². The third-order valence-corrected chi connectivity index (χ3v) is 8.39. The van der Waals surface area contributed by atoms with Crippen molar-refractivity contribution < 1.29 is 22.7 Å². The van der Waals surface area contributed by atoms with Gasteiger partial charge in [0, 0.05) is 43.5 Å². The molecular weight excluding hydrogens is 383 g/mol. The molecule has 4 fully saturated rings. The first-order valence-corrected chi connectivity index (χ1v) is 10.5. The number of rotatable bonds is 1. The van der Waals surface area contributed by atoms with Crippen LogP contribution in [-0.4, -0.2) is 58.1 Å². The normalized spacial score (nSPS) is 41.0. The minimum absolute atomic E-state index is 0.0363. The molecule has 0 radical (unpaired) electrons. The van der Waals surface area contributed by atoms with Crippen LogP contribution < -0.4 is 0 Å². The van der Waals surface area contributed by atoms with Gasteiger partial charge in [0.15, 0.2) is 0 Å². The van der Waals surface area contributed by atoms with E-state index in [1.807, 2.05) is 4.90 Å². The number of hydrogen-bond acceptors (Lipinski definition) is 4. The Morgan fingerprint density at radius 2 is 2.14 bits per heavy atom. The van der Waals surface area contributed by atoms with Crippen LogP contribution in [-0.2, 0) is 28.7 Å². The van der Waals surface area contributed by atoms with Crippen molar-refractivity contribution in [2.75, 3.05) is 13.2 Å². The van der Waals surface area contributed by atoms with E-state index < -0.39 is 11.7 Å². The molecule has 5 heterocycles. The lowest BCUT2D eigenvalue weighted by molar-refractivity contribution is -0.226. The van der Waals surface area contributed by atoms with Crippen molar-refractivity contribution in [3.05, 3.63) is 29.1 Å². The summed E-state index contributed by atoms with van der Waals surface area (Å²) in [5.41, 5.74) is 0.142. The first-order chi connectivity index (χ1) is 13.8. The number of carbonyl (C=O) groups excluding carboxylic acids is 1. The maximum absolute atomic E-state index is 13.5. The number of nitrogens with zero attached hydrogens (tertiary/aromatic N) is 3. The van der Waals surface area contributed by atoms with Crippen LogP contribution in [0.15, 0.2) is 12.3 Å². The molecule has 1 spiro atoms. The van der Waals surface area contributed by atoms with E-state index in [9.17, 15) is 18.0 Å². The van der Waals surface area contributed by atoms with E-state index in [0.717, 1.165) is 38.6 Å². The Kier molecular flexibility index (Phi) is 3.58. The number of amides is 1. The molecule has 6 rings (SSSR count). The summed E-state index contributed by atoms with van der Waals surface area (Å²) in [5, 5.41) is 0. The SMILES string of the molecule is CC1C2Cc3ncc(C(F)(F)F)cc3CN2C(=O)[C@]12CC[C@H](N1CC3OCC31)C2. The van der Waals surface area contributed by atoms with Crippen molar-refractivity contribution in [1.82, 2.24) is 14.8 Å². The highest BCUT2D eigenvalue weighted by Gasteiger charge is 2.62. The van der Waals surface area contributed by atoms with Crippen LogP contribution in [0.4, 0.5) is 13.2 Å². The second-order valence-corrected chi connectivity index (χ2v) is 9.51. The molecule has 1 aromatic heterocycles. The number of carbonyl (C=O) groups is 1. The van der Waals surface area contributed by atoms with E-state index in [1.54, 1.807) is 0 Å². The molecular formula is C21H24F3N3O2. The fourth-order valence-corrected chi connectivity index (χ4v) is 6.51. The molecule has 1 saturated carbocycles. The number of pyridine rings is 1. The zero-order valence-corrected chi connectivity index (χ0v) is 16.3. The van der Waals surface area contributed by atoms with Gasteiger partial charge < -0.3 is 9.64 Å². The van der Waals surface area contributed by atoms with Crippen molar-refractivity contribution >= 4 is 5.91 Å². The van der Waals surface area contributed by atoms with Crippen LogP contribution in [0.1, 0.15) is 43.0 Å². The molecule has 29 heavy (non-hydrogen) atoms. The summed E-state index contributed by atoms with van der Waals surface area (Å²) in [5.74, 6) is 0.328. The van der Waals surface area contributed by atoms with E-state index in [0.29, 0.717) is 35.9 Å². The first kappa shape index (κ1) is 18.1. The van der Waals surface area contributed by atoms with Gasteiger partial charge in [-0.2, -0.15) is 13.2 Å². The lowest BCUT2D eigenvalue weighted by atomic mass is 9.73. The third-order valence-electron chi connectivity index (χ3n) is 8.39. The molecule has 1 aromatic rings. The van der Waals surface area contributed by atoms with Crippen molar-refractivity contribution in [1.29, 1.82) is 0 Å². The Labute approximate surface area is 167 Å². The maximum Gasteiger partial charge on any atom is 0.417 e. The summed E-state index contributed by atoms with van der Waals surface area (Å²) in [4.78, 5) is 22.0. The predicted octanol–water partition coefficient (Wildman–Crippen LogP) is 2.63. The van der Waals surface area contributed by atoms with E-state index in [4.69, 9.17) is 4.74 Å². The summed E-state index contributed by atoms with van der Waals surface area (Å²) in [6.45, 7) is 4.17. The maximum atomic E-state index is 13.5. The summed E-state index contributed by atoms with van der Waals surface area (Å²) in [6.07, 6.45) is 0.202. The molecule has 3 saturated heterocycles. The van der Waals surface area contributed by atoms with Crippen LogP contribution in [0, 0.1) is 11.3 Å². The minimum atomic E-state index is -4.42. The topological polar surface area (TPSA) is 45.7 Å². The number of fused-ring (bicyclic) bond motifs is 3. The average Bonchev–Trinajstić information content (AvgIpc) is 3.19. The highest BCUT2D eigenvalue weighted by molar-refractivity contribution is 5.87. The average molecular weight is 407 g/mol. The van der Waals surface area contributed by atoms with Gasteiger partial charge in [-0.3, -0.25) is 14.7 Å². The Morgan fingerprint density at radius 1 is 1.31 bits per heavy atom. The largest absolute Gasteiger partial charge is 0.417 e. The summed E-state index contributed by atoms with van der Waals surface area (Å²) in [7, 11) is 0. The molecule has 0 N–H and O–H groups in total. The van der Waals surface area contributed by atoms with Crippen molar-refractivity contribution in [3.8, 4) is 0 Å². The van der Waals surface area contributed by atoms with Gasteiger partial charge in [0.1, 0.15) is 0 Å². The molecule has 1 amide bonds. The van der Waals surface area contributed by atoms with E-state index in [2.05, 4.69) is 16.8 Å². The van der Waals surface area contributed by atoms with E-state index >= 15 is 0 Å². The number of ether oxygens (including phenoxy) is 1. The Bertz CT molecular complexity index is 890. The zero-order chi connectivity index (χ0) is 20.1. The van der Waals surface area contributed by atoms with Gasteiger partial charge in [-0.05, 0) is 36.8 Å². The number of hydrogen-bond donors (Lipinski definition) is 0. The predicted molar refractivity (Wildman–Crippen MR) is 96.8 cm³/mol. The van der Waals surface area contributed by atoms with Crippen LogP contribution in [0.25, 0.3) is 0 Å². The van der Waals surface area contributed by atoms with Gasteiger partial charge in [-0.1, -0.05) is 6.92 Å². The molecule has 1 aliphatic carbocycles. The molecule has 5 aliphatic rings. The number of halogens is 3. The standard InChI is InChI=1S/C21H24F3N3O2/c1-11-16-5-15-12(4-13(7-25-15)21(22,23)24)8-27(16)19(28)20(11)3-2-14(6-20)26-9-18-17(26)10-29-18/h4,7,11,14,16-18H,2-3,5-6,8-10H2,1H3/t11?,14-,16?,17?,18?,20-/m0/s1. The molecule has 156 valence electrons. The fourth-order valence-electron chi connectivity index (χ4n) is 6.51. The van der Waals surface area contributed by atoms with Crippen LogP contribution in [0.3, 0.4) is 0 Å². The van der Waals surface area contributed by atoms with E-state index in [-0.39, 0.29) is 29.8 Å². The number of alkyl halides is 3. The van der Waals surface area contributed by atoms with Gasteiger partial charge in [0.05, 0.1) is 29.7 Å². The first-order valence-electron chi connectivity index (χ1n) is 10.5. The number of aromatic nitrogens is 1. The summed E-state index contributed by atoms with van der Waals surface area (Å²) < 4.78 is 44.8. The number of likely N-dealkylation sites (tertiary alicyclic amines) is 1. The van der Waals surface area contributed by atoms with Crippen LogP contribution in [0.2, 0.25) is 0 Å². The molecule has 6 atom stereocenters. The van der Waals surface area contributed by atoms with Crippen molar-refractivity contribution in [2.45, 2.75) is 69.6 Å². The highest BCUT2D eigenvalue weighted by atomic mass is 19.4. The van der Waals surface area contributed by atoms with Crippen molar-refractivity contribution in [3.63, 3.8) is 0 Å². The molecule has 0 bridgehead atoms. The van der Waals surface area contributed by atoms with Gasteiger partial charge >= 0.3 is 6.18 Å². The molecule has 4 aliphatic heterocycles. The minimum Gasteiger partial charge on any atom is -0.373 e. The zero-order valence-electron chi connectivity index (χ0n) is 16.3. The van der Waals surface area contributed by atoms with Crippen LogP contribution in [0.5, 0.6) is 0 Å². The Balaban J connectivity index is 1.26. The lowest BCUT2D eigenvalue weighted by Crippen LogP contribution is -2.72. The third kappa shape index (κ3) is 2.36. The second-order valence-electron chi connectivity index (χ2n) is 9.51. The molecule has 0 aromatic carbocycles. The smallest absolute Gasteiger partial charge is 0.373 e. The molecule has 8 heteroatoms. The Morgan fingerprint density at radius 3 is 2.79 bits per heavy atom. The fraction of sp³-hybridized carbons (Fsp3) is 0.714. The summed E-state index contributed by atoms with van der Waals surface area (Å²) in [6, 6.07) is 2.16. The van der Waals surface area contributed by atoms with Gasteiger partial charge in [-0.15, -0.1) is 0 Å².